The second-order valence-corrected chi connectivity index (χ2v) is 6.11. The van der Waals surface area contributed by atoms with Gasteiger partial charge in [0, 0.05) is 11.8 Å². The van der Waals surface area contributed by atoms with E-state index in [0.717, 1.165) is 0 Å². The molecule has 3 aromatic rings. The Morgan fingerprint density at radius 3 is 2.10 bits per heavy atom. The first-order valence-corrected chi connectivity index (χ1v) is 8.09. The average Bonchev–Trinajstić information content (AvgIpc) is 3.07. The molecule has 2 aromatic carbocycles. The van der Waals surface area contributed by atoms with Crippen molar-refractivity contribution in [2.75, 3.05) is 5.32 Å². The van der Waals surface area contributed by atoms with Gasteiger partial charge in [0.05, 0.1) is 11.1 Å². The maximum atomic E-state index is 13.2. The van der Waals surface area contributed by atoms with Crippen LogP contribution in [0.1, 0.15) is 27.4 Å². The number of benzene rings is 2. The number of nitrogens with zero attached hydrogens (tertiary/aromatic N) is 1. The van der Waals surface area contributed by atoms with Crippen LogP contribution >= 0.6 is 0 Å². The van der Waals surface area contributed by atoms with Crippen molar-refractivity contribution in [2.45, 2.75) is 19.3 Å². The van der Waals surface area contributed by atoms with Crippen LogP contribution in [-0.2, 0) is 12.4 Å². The molecule has 29 heavy (non-hydrogen) atoms. The largest absolute Gasteiger partial charge is 0.417 e. The van der Waals surface area contributed by atoms with Crippen molar-refractivity contribution in [3.8, 4) is 11.1 Å². The lowest BCUT2D eigenvalue weighted by atomic mass is 9.96. The van der Waals surface area contributed by atoms with Gasteiger partial charge in [0.25, 0.3) is 5.91 Å². The Morgan fingerprint density at radius 2 is 1.59 bits per heavy atom. The van der Waals surface area contributed by atoms with E-state index in [4.69, 9.17) is 4.52 Å². The number of hydrogen-bond donors (Lipinski definition) is 1. The SMILES string of the molecule is Cc1cc(C(=O)Nc2ccc(-c3cc(C(F)(F)F)ccc3C(F)(F)F)cc2)no1. The molecule has 0 spiro atoms. The fourth-order valence-electron chi connectivity index (χ4n) is 2.61. The second-order valence-electron chi connectivity index (χ2n) is 6.11. The van der Waals surface area contributed by atoms with Crippen LogP contribution in [0.2, 0.25) is 0 Å². The van der Waals surface area contributed by atoms with E-state index >= 15 is 0 Å². The number of alkyl halides is 6. The van der Waals surface area contributed by atoms with Crippen LogP contribution in [-0.4, -0.2) is 11.1 Å². The fraction of sp³-hybridized carbons (Fsp3) is 0.158. The number of halogens is 6. The molecule has 0 radical (unpaired) electrons. The zero-order chi connectivity index (χ0) is 21.4. The highest BCUT2D eigenvalue weighted by Crippen LogP contribution is 2.40. The highest BCUT2D eigenvalue weighted by atomic mass is 19.4. The van der Waals surface area contributed by atoms with Crippen LogP contribution in [0.15, 0.2) is 53.1 Å². The van der Waals surface area contributed by atoms with Gasteiger partial charge in [-0.05, 0) is 48.4 Å². The molecule has 0 bridgehead atoms. The van der Waals surface area contributed by atoms with E-state index in [9.17, 15) is 31.1 Å². The van der Waals surface area contributed by atoms with Gasteiger partial charge in [0.15, 0.2) is 5.69 Å². The summed E-state index contributed by atoms with van der Waals surface area (Å²) in [6, 6.07) is 7.57. The molecule has 0 aliphatic carbocycles. The lowest BCUT2D eigenvalue weighted by molar-refractivity contribution is -0.141. The minimum absolute atomic E-state index is 0.00353. The van der Waals surface area contributed by atoms with E-state index in [-0.39, 0.29) is 16.9 Å². The molecule has 0 fully saturated rings. The van der Waals surface area contributed by atoms with Crippen LogP contribution in [0.4, 0.5) is 32.0 Å². The number of aryl methyl sites for hydroxylation is 1. The van der Waals surface area contributed by atoms with Crippen LogP contribution < -0.4 is 5.32 Å². The predicted octanol–water partition coefficient (Wildman–Crippen LogP) is 5.94. The van der Waals surface area contributed by atoms with E-state index in [1.165, 1.54) is 30.3 Å². The lowest BCUT2D eigenvalue weighted by Gasteiger charge is -2.16. The summed E-state index contributed by atoms with van der Waals surface area (Å²) in [6.07, 6.45) is -9.63. The molecule has 3 rings (SSSR count). The van der Waals surface area contributed by atoms with Gasteiger partial charge in [0.1, 0.15) is 5.76 Å². The smallest absolute Gasteiger partial charge is 0.361 e. The molecule has 0 atom stereocenters. The first-order chi connectivity index (χ1) is 13.4. The number of rotatable bonds is 3. The summed E-state index contributed by atoms with van der Waals surface area (Å²) in [5, 5.41) is 6.00. The Kier molecular flexibility index (Phi) is 5.12. The molecule has 0 saturated heterocycles. The molecule has 4 nitrogen and oxygen atoms in total. The third-order valence-electron chi connectivity index (χ3n) is 3.97. The van der Waals surface area contributed by atoms with Crippen molar-refractivity contribution < 1.29 is 35.7 Å². The summed E-state index contributed by atoms with van der Waals surface area (Å²) in [5.41, 5.74) is -2.86. The third-order valence-corrected chi connectivity index (χ3v) is 3.97. The van der Waals surface area contributed by atoms with Crippen molar-refractivity contribution in [2.24, 2.45) is 0 Å². The summed E-state index contributed by atoms with van der Waals surface area (Å²) in [7, 11) is 0. The number of anilines is 1. The fourth-order valence-corrected chi connectivity index (χ4v) is 2.61. The summed E-state index contributed by atoms with van der Waals surface area (Å²) in [4.78, 5) is 12.0. The highest BCUT2D eigenvalue weighted by Gasteiger charge is 2.37. The lowest BCUT2D eigenvalue weighted by Crippen LogP contribution is -2.12. The Hall–Kier alpha value is -3.30. The van der Waals surface area contributed by atoms with Gasteiger partial charge in [-0.3, -0.25) is 4.79 Å². The standard InChI is InChI=1S/C19H12F6N2O2/c1-10-8-16(27-29-10)17(28)26-13-5-2-11(3-6-13)14-9-12(18(20,21)22)4-7-15(14)19(23,24)25/h2-9H,1H3,(H,26,28). The Labute approximate surface area is 160 Å². The average molecular weight is 414 g/mol. The maximum absolute atomic E-state index is 13.2. The second kappa shape index (κ2) is 7.26. The Morgan fingerprint density at radius 1 is 0.931 bits per heavy atom. The number of amides is 1. The summed E-state index contributed by atoms with van der Waals surface area (Å²) in [5.74, 6) is -0.195. The van der Waals surface area contributed by atoms with Crippen molar-refractivity contribution in [1.29, 1.82) is 0 Å². The number of carbonyl (C=O) groups excluding carboxylic acids is 1. The Balaban J connectivity index is 1.93. The van der Waals surface area contributed by atoms with Crippen LogP contribution in [0, 0.1) is 6.92 Å². The maximum Gasteiger partial charge on any atom is 0.417 e. The molecule has 0 aliphatic rings. The molecule has 10 heteroatoms. The zero-order valence-corrected chi connectivity index (χ0v) is 14.7. The van der Waals surface area contributed by atoms with Crippen LogP contribution in [0.3, 0.4) is 0 Å². The van der Waals surface area contributed by atoms with Gasteiger partial charge in [-0.15, -0.1) is 0 Å². The molecular formula is C19H12F6N2O2. The van der Waals surface area contributed by atoms with E-state index in [1.54, 1.807) is 6.92 Å². The molecule has 152 valence electrons. The molecule has 0 aliphatic heterocycles. The third kappa shape index (κ3) is 4.58. The van der Waals surface area contributed by atoms with Crippen molar-refractivity contribution in [3.05, 3.63) is 71.1 Å². The molecule has 1 heterocycles. The van der Waals surface area contributed by atoms with Gasteiger partial charge in [-0.1, -0.05) is 17.3 Å². The molecule has 1 amide bonds. The van der Waals surface area contributed by atoms with Crippen molar-refractivity contribution in [1.82, 2.24) is 5.16 Å². The minimum atomic E-state index is -4.84. The Bertz CT molecular complexity index is 1040. The summed E-state index contributed by atoms with van der Waals surface area (Å²) < 4.78 is 83.3. The van der Waals surface area contributed by atoms with E-state index in [0.29, 0.717) is 24.0 Å². The zero-order valence-electron chi connectivity index (χ0n) is 14.7. The molecular weight excluding hydrogens is 402 g/mol. The first kappa shape index (κ1) is 20.4. The summed E-state index contributed by atoms with van der Waals surface area (Å²) in [6.45, 7) is 1.59. The van der Waals surface area contributed by atoms with E-state index in [2.05, 4.69) is 10.5 Å². The van der Waals surface area contributed by atoms with Gasteiger partial charge < -0.3 is 9.84 Å². The predicted molar refractivity (Wildman–Crippen MR) is 91.1 cm³/mol. The van der Waals surface area contributed by atoms with Gasteiger partial charge in [-0.25, -0.2) is 0 Å². The van der Waals surface area contributed by atoms with Gasteiger partial charge >= 0.3 is 12.4 Å². The monoisotopic (exact) mass is 414 g/mol. The topological polar surface area (TPSA) is 55.1 Å². The summed E-state index contributed by atoms with van der Waals surface area (Å²) >= 11 is 0. The minimum Gasteiger partial charge on any atom is -0.361 e. The van der Waals surface area contributed by atoms with Crippen molar-refractivity contribution in [3.63, 3.8) is 0 Å². The van der Waals surface area contributed by atoms with Gasteiger partial charge in [-0.2, -0.15) is 26.3 Å². The highest BCUT2D eigenvalue weighted by molar-refractivity contribution is 6.02. The quantitative estimate of drug-likeness (QED) is 0.540. The molecule has 0 unspecified atom stereocenters. The van der Waals surface area contributed by atoms with E-state index in [1.807, 2.05) is 0 Å². The normalized spacial score (nSPS) is 12.1. The first-order valence-electron chi connectivity index (χ1n) is 8.09. The van der Waals surface area contributed by atoms with Crippen LogP contribution in [0.25, 0.3) is 11.1 Å². The number of nitrogens with one attached hydrogen (secondary N) is 1. The van der Waals surface area contributed by atoms with Crippen molar-refractivity contribution >= 4 is 11.6 Å². The van der Waals surface area contributed by atoms with Crippen LogP contribution in [0.5, 0.6) is 0 Å². The molecule has 0 saturated carbocycles. The number of aromatic nitrogens is 1. The molecule has 1 N–H and O–H groups in total. The van der Waals surface area contributed by atoms with E-state index < -0.39 is 35.0 Å². The molecule has 1 aromatic heterocycles. The number of carbonyl (C=O) groups is 1. The van der Waals surface area contributed by atoms with Gasteiger partial charge in [0.2, 0.25) is 0 Å². The number of hydrogen-bond acceptors (Lipinski definition) is 3.